The highest BCUT2D eigenvalue weighted by atomic mass is 32.1. The molecular formula is C20H17N3O7S. The van der Waals surface area contributed by atoms with Gasteiger partial charge in [0.2, 0.25) is 0 Å². The van der Waals surface area contributed by atoms with Gasteiger partial charge in [-0.2, -0.15) is 0 Å². The number of esters is 1. The van der Waals surface area contributed by atoms with Crippen molar-refractivity contribution in [1.29, 1.82) is 0 Å². The maximum Gasteiger partial charge on any atom is 0.341 e. The summed E-state index contributed by atoms with van der Waals surface area (Å²) in [5.41, 5.74) is 0.391. The van der Waals surface area contributed by atoms with Gasteiger partial charge in [0.1, 0.15) is 5.00 Å². The number of nitro benzene ring substituents is 1. The van der Waals surface area contributed by atoms with Crippen LogP contribution in [0.15, 0.2) is 47.1 Å². The number of non-ortho nitro benzene ring substituents is 1. The Kier molecular flexibility index (Phi) is 6.46. The molecule has 2 N–H and O–H groups in total. The molecule has 2 amide bonds. The van der Waals surface area contributed by atoms with Gasteiger partial charge in [-0.1, -0.05) is 6.07 Å². The number of rotatable bonds is 7. The topological polar surface area (TPSA) is 141 Å². The number of hydrogen-bond acceptors (Lipinski definition) is 8. The summed E-state index contributed by atoms with van der Waals surface area (Å²) in [6, 6.07) is 8.45. The van der Waals surface area contributed by atoms with Crippen molar-refractivity contribution in [3.05, 3.63) is 74.5 Å². The molecule has 0 fully saturated rings. The van der Waals surface area contributed by atoms with E-state index >= 15 is 0 Å². The number of thiophene rings is 1. The zero-order valence-corrected chi connectivity index (χ0v) is 17.3. The van der Waals surface area contributed by atoms with E-state index in [4.69, 9.17) is 9.15 Å². The summed E-state index contributed by atoms with van der Waals surface area (Å²) >= 11 is 0.883. The average Bonchev–Trinajstić information content (AvgIpc) is 3.37. The number of ether oxygens (including phenoxy) is 1. The molecule has 31 heavy (non-hydrogen) atoms. The molecule has 0 radical (unpaired) electrons. The van der Waals surface area contributed by atoms with E-state index in [1.165, 1.54) is 36.6 Å². The molecule has 0 unspecified atom stereocenters. The molecule has 0 aliphatic rings. The lowest BCUT2D eigenvalue weighted by Gasteiger charge is -2.06. The highest BCUT2D eigenvalue weighted by molar-refractivity contribution is 7.19. The second-order valence-electron chi connectivity index (χ2n) is 6.17. The molecule has 0 bridgehead atoms. The number of anilines is 2. The van der Waals surface area contributed by atoms with E-state index in [2.05, 4.69) is 10.6 Å². The minimum absolute atomic E-state index is 0.0310. The summed E-state index contributed by atoms with van der Waals surface area (Å²) in [5, 5.41) is 16.2. The Morgan fingerprint density at radius 1 is 1.16 bits per heavy atom. The van der Waals surface area contributed by atoms with E-state index in [-0.39, 0.29) is 39.2 Å². The lowest BCUT2D eigenvalue weighted by Crippen LogP contribution is -2.14. The van der Waals surface area contributed by atoms with Crippen LogP contribution in [0.3, 0.4) is 0 Å². The van der Waals surface area contributed by atoms with Gasteiger partial charge in [0.05, 0.1) is 28.2 Å². The van der Waals surface area contributed by atoms with Crippen LogP contribution in [0, 0.1) is 17.0 Å². The summed E-state index contributed by atoms with van der Waals surface area (Å²) in [6.07, 6.45) is 1.33. The molecule has 0 aliphatic carbocycles. The third-order valence-electron chi connectivity index (χ3n) is 4.12. The van der Waals surface area contributed by atoms with Gasteiger partial charge < -0.3 is 19.8 Å². The Hall–Kier alpha value is -3.99. The second kappa shape index (κ2) is 9.22. The first-order valence-electron chi connectivity index (χ1n) is 9.03. The van der Waals surface area contributed by atoms with Gasteiger partial charge in [-0.3, -0.25) is 19.7 Å². The van der Waals surface area contributed by atoms with Crippen molar-refractivity contribution in [1.82, 2.24) is 0 Å². The van der Waals surface area contributed by atoms with Gasteiger partial charge in [0.25, 0.3) is 17.5 Å². The summed E-state index contributed by atoms with van der Waals surface area (Å²) < 4.78 is 10.1. The molecule has 10 nitrogen and oxygen atoms in total. The SMILES string of the molecule is CCOC(=O)c1c(NC(=O)c2ccco2)sc(C(=O)Nc2cccc([N+](=O)[O-])c2)c1C. The van der Waals surface area contributed by atoms with Crippen molar-refractivity contribution in [3.63, 3.8) is 0 Å². The van der Waals surface area contributed by atoms with Gasteiger partial charge in [0.15, 0.2) is 5.76 Å². The molecule has 0 saturated heterocycles. The number of nitrogens with one attached hydrogen (secondary N) is 2. The first kappa shape index (κ1) is 21.7. The van der Waals surface area contributed by atoms with E-state index in [0.29, 0.717) is 5.56 Å². The van der Waals surface area contributed by atoms with Crippen LogP contribution >= 0.6 is 11.3 Å². The smallest absolute Gasteiger partial charge is 0.341 e. The van der Waals surface area contributed by atoms with E-state index in [0.717, 1.165) is 11.3 Å². The number of nitrogens with zero attached hydrogens (tertiary/aromatic N) is 1. The summed E-state index contributed by atoms with van der Waals surface area (Å²) in [6.45, 7) is 3.29. The van der Waals surface area contributed by atoms with Crippen molar-refractivity contribution in [2.75, 3.05) is 17.2 Å². The Morgan fingerprint density at radius 2 is 1.94 bits per heavy atom. The van der Waals surface area contributed by atoms with Crippen molar-refractivity contribution in [2.45, 2.75) is 13.8 Å². The van der Waals surface area contributed by atoms with Crippen LogP contribution < -0.4 is 10.6 Å². The van der Waals surface area contributed by atoms with E-state index in [9.17, 15) is 24.5 Å². The van der Waals surface area contributed by atoms with Crippen LogP contribution in [0.4, 0.5) is 16.4 Å². The zero-order valence-electron chi connectivity index (χ0n) is 16.5. The maximum atomic E-state index is 12.8. The highest BCUT2D eigenvalue weighted by Crippen LogP contribution is 2.35. The summed E-state index contributed by atoms with van der Waals surface area (Å²) in [7, 11) is 0. The van der Waals surface area contributed by atoms with Crippen molar-refractivity contribution >= 4 is 45.5 Å². The molecular weight excluding hydrogens is 426 g/mol. The van der Waals surface area contributed by atoms with Crippen LogP contribution in [-0.4, -0.2) is 29.3 Å². The Bertz CT molecular complexity index is 1150. The summed E-state index contributed by atoms with van der Waals surface area (Å²) in [4.78, 5) is 48.2. The predicted molar refractivity (Wildman–Crippen MR) is 113 cm³/mol. The van der Waals surface area contributed by atoms with Gasteiger partial charge in [-0.15, -0.1) is 11.3 Å². The molecule has 11 heteroatoms. The zero-order chi connectivity index (χ0) is 22.5. The molecule has 0 spiro atoms. The molecule has 2 aromatic heterocycles. The van der Waals surface area contributed by atoms with Gasteiger partial charge >= 0.3 is 5.97 Å². The normalized spacial score (nSPS) is 10.4. The fourth-order valence-electron chi connectivity index (χ4n) is 2.72. The fourth-order valence-corrected chi connectivity index (χ4v) is 3.81. The van der Waals surface area contributed by atoms with Gasteiger partial charge in [-0.25, -0.2) is 4.79 Å². The second-order valence-corrected chi connectivity index (χ2v) is 7.19. The lowest BCUT2D eigenvalue weighted by molar-refractivity contribution is -0.384. The molecule has 3 rings (SSSR count). The van der Waals surface area contributed by atoms with Crippen LogP contribution in [0.2, 0.25) is 0 Å². The molecule has 0 atom stereocenters. The molecule has 2 heterocycles. The number of benzene rings is 1. The molecule has 0 saturated carbocycles. The Balaban J connectivity index is 1.93. The van der Waals surface area contributed by atoms with Crippen molar-refractivity contribution in [2.24, 2.45) is 0 Å². The molecule has 0 aliphatic heterocycles. The van der Waals surface area contributed by atoms with Crippen molar-refractivity contribution in [3.8, 4) is 0 Å². The highest BCUT2D eigenvalue weighted by Gasteiger charge is 2.27. The van der Waals surface area contributed by atoms with Crippen molar-refractivity contribution < 1.29 is 28.5 Å². The van der Waals surface area contributed by atoms with E-state index in [1.807, 2.05) is 0 Å². The largest absolute Gasteiger partial charge is 0.462 e. The third-order valence-corrected chi connectivity index (χ3v) is 5.33. The number of amides is 2. The fraction of sp³-hybridized carbons (Fsp3) is 0.150. The van der Waals surface area contributed by atoms with Gasteiger partial charge in [-0.05, 0) is 37.6 Å². The number of carbonyl (C=O) groups excluding carboxylic acids is 3. The van der Waals surface area contributed by atoms with E-state index < -0.39 is 22.7 Å². The number of furan rings is 1. The maximum absolute atomic E-state index is 12.8. The van der Waals surface area contributed by atoms with Gasteiger partial charge in [0, 0.05) is 17.8 Å². The quantitative estimate of drug-likeness (QED) is 0.316. The standard InChI is InChI=1S/C20H17N3O7S/c1-3-29-20(26)15-11(2)16(31-19(15)22-17(24)14-8-5-9-30-14)18(25)21-12-6-4-7-13(10-12)23(27)28/h4-10H,3H2,1-2H3,(H,21,25)(H,22,24). The average molecular weight is 443 g/mol. The Morgan fingerprint density at radius 3 is 2.58 bits per heavy atom. The number of carbonyl (C=O) groups is 3. The third kappa shape index (κ3) is 4.78. The first-order valence-corrected chi connectivity index (χ1v) is 9.84. The number of hydrogen-bond donors (Lipinski definition) is 2. The molecule has 3 aromatic rings. The predicted octanol–water partition coefficient (Wildman–Crippen LogP) is 4.24. The first-order chi connectivity index (χ1) is 14.8. The van der Waals surface area contributed by atoms with Crippen LogP contribution in [0.5, 0.6) is 0 Å². The minimum atomic E-state index is -0.694. The molecule has 1 aromatic carbocycles. The number of nitro groups is 1. The lowest BCUT2D eigenvalue weighted by atomic mass is 10.1. The van der Waals surface area contributed by atoms with Crippen LogP contribution in [-0.2, 0) is 4.74 Å². The monoisotopic (exact) mass is 443 g/mol. The summed E-state index contributed by atoms with van der Waals surface area (Å²) in [5.74, 6) is -1.85. The van der Waals surface area contributed by atoms with Crippen LogP contribution in [0.25, 0.3) is 0 Å². The Labute approximate surface area is 180 Å². The van der Waals surface area contributed by atoms with Crippen LogP contribution in [0.1, 0.15) is 43.1 Å². The van der Waals surface area contributed by atoms with E-state index in [1.54, 1.807) is 19.9 Å². The minimum Gasteiger partial charge on any atom is -0.462 e. The molecule has 160 valence electrons.